The van der Waals surface area contributed by atoms with Crippen molar-refractivity contribution in [2.75, 3.05) is 0 Å². The Hall–Kier alpha value is -8.73. The summed E-state index contributed by atoms with van der Waals surface area (Å²) in [5.74, 6) is 3.53. The fraction of sp³-hybridized carbons (Fsp3) is 0. The van der Waals surface area contributed by atoms with E-state index in [4.69, 9.17) is 29.9 Å². The predicted molar refractivity (Wildman–Crippen MR) is 247 cm³/mol. The summed E-state index contributed by atoms with van der Waals surface area (Å²) in [5, 5.41) is 10.0. The first-order valence-corrected chi connectivity index (χ1v) is 20.3. The molecule has 0 aliphatic heterocycles. The second-order valence-electron chi connectivity index (χ2n) is 14.7. The molecule has 0 amide bonds. The summed E-state index contributed by atoms with van der Waals surface area (Å²) in [5.41, 5.74) is 11.7. The van der Waals surface area contributed by atoms with Gasteiger partial charge in [0.05, 0.1) is 11.6 Å². The molecular weight excluding hydrogens is 759 g/mol. The van der Waals surface area contributed by atoms with Gasteiger partial charge in [-0.1, -0.05) is 188 Å². The van der Waals surface area contributed by atoms with E-state index >= 15 is 0 Å². The molecular formula is C55H35N7. The smallest absolute Gasteiger partial charge is 0.164 e. The standard InChI is InChI=1S/C55H35N7/c56-36-37-17-13-28-44(33-37)49-47(42-26-14-29-45(34-42)54-59-50(38-18-5-1-6-19-38)57-51(60-54)39-20-7-2-8-21-39)31-16-32-48(49)43-27-15-30-46(35-43)55-61-52(40-22-9-3-10-23-40)58-53(62-55)41-24-11-4-12-25-41/h1-35H. The van der Waals surface area contributed by atoms with Crippen LogP contribution in [-0.4, -0.2) is 29.9 Å². The summed E-state index contributed by atoms with van der Waals surface area (Å²) in [7, 11) is 0. The molecule has 10 aromatic rings. The monoisotopic (exact) mass is 793 g/mol. The van der Waals surface area contributed by atoms with Crippen molar-refractivity contribution in [3.05, 3.63) is 218 Å². The summed E-state index contributed by atoms with van der Waals surface area (Å²) in [6, 6.07) is 73.0. The quantitative estimate of drug-likeness (QED) is 0.143. The highest BCUT2D eigenvalue weighted by molar-refractivity contribution is 5.96. The van der Waals surface area contributed by atoms with Gasteiger partial charge in [0, 0.05) is 33.4 Å². The number of benzene rings is 8. The molecule has 8 aromatic carbocycles. The van der Waals surface area contributed by atoms with E-state index in [-0.39, 0.29) is 0 Å². The summed E-state index contributed by atoms with van der Waals surface area (Å²) in [6.45, 7) is 0. The SMILES string of the molecule is N#Cc1cccc(-c2c(-c3cccc(-c4nc(-c5ccccc5)nc(-c5ccccc5)n4)c3)cccc2-c2cccc(-c3nc(-c4ccccc4)nc(-c4ccccc4)n3)c2)c1. The average Bonchev–Trinajstić information content (AvgIpc) is 3.37. The molecule has 0 aliphatic rings. The number of hydrogen-bond acceptors (Lipinski definition) is 7. The van der Waals surface area contributed by atoms with Crippen LogP contribution < -0.4 is 0 Å². The molecule has 7 heteroatoms. The molecule has 290 valence electrons. The maximum absolute atomic E-state index is 10.0. The Bertz CT molecular complexity index is 2930. The van der Waals surface area contributed by atoms with Gasteiger partial charge in [0.15, 0.2) is 34.9 Å². The molecule has 0 saturated carbocycles. The lowest BCUT2D eigenvalue weighted by Crippen LogP contribution is -2.00. The first kappa shape index (κ1) is 37.5. The average molecular weight is 794 g/mol. The van der Waals surface area contributed by atoms with Crippen molar-refractivity contribution < 1.29 is 0 Å². The number of aromatic nitrogens is 6. The zero-order chi connectivity index (χ0) is 41.7. The zero-order valence-corrected chi connectivity index (χ0v) is 33.3. The van der Waals surface area contributed by atoms with Crippen LogP contribution >= 0.6 is 0 Å². The van der Waals surface area contributed by atoms with Crippen molar-refractivity contribution in [2.24, 2.45) is 0 Å². The minimum Gasteiger partial charge on any atom is -0.208 e. The van der Waals surface area contributed by atoms with Gasteiger partial charge < -0.3 is 0 Å². The van der Waals surface area contributed by atoms with E-state index < -0.39 is 0 Å². The van der Waals surface area contributed by atoms with Gasteiger partial charge in [-0.05, 0) is 57.6 Å². The zero-order valence-electron chi connectivity index (χ0n) is 33.3. The third-order valence-corrected chi connectivity index (χ3v) is 10.6. The molecule has 0 aliphatic carbocycles. The molecule has 7 nitrogen and oxygen atoms in total. The van der Waals surface area contributed by atoms with Gasteiger partial charge in [-0.2, -0.15) is 5.26 Å². The van der Waals surface area contributed by atoms with Gasteiger partial charge in [-0.3, -0.25) is 0 Å². The van der Waals surface area contributed by atoms with Gasteiger partial charge in [-0.15, -0.1) is 0 Å². The molecule has 10 rings (SSSR count). The van der Waals surface area contributed by atoms with Crippen molar-refractivity contribution in [2.45, 2.75) is 0 Å². The van der Waals surface area contributed by atoms with E-state index in [0.29, 0.717) is 40.5 Å². The van der Waals surface area contributed by atoms with Crippen LogP contribution in [0, 0.1) is 11.3 Å². The van der Waals surface area contributed by atoms with Gasteiger partial charge in [0.1, 0.15) is 0 Å². The second-order valence-corrected chi connectivity index (χ2v) is 14.7. The third-order valence-electron chi connectivity index (χ3n) is 10.6. The molecule has 0 fully saturated rings. The van der Waals surface area contributed by atoms with Crippen LogP contribution in [0.25, 0.3) is 102 Å². The van der Waals surface area contributed by atoms with E-state index in [9.17, 15) is 5.26 Å². The summed E-state index contributed by atoms with van der Waals surface area (Å²) in [6.07, 6.45) is 0. The second kappa shape index (κ2) is 16.9. The van der Waals surface area contributed by atoms with Crippen molar-refractivity contribution in [1.29, 1.82) is 5.26 Å². The highest BCUT2D eigenvalue weighted by Crippen LogP contribution is 2.42. The Kier molecular flexibility index (Phi) is 10.2. The van der Waals surface area contributed by atoms with Crippen LogP contribution in [0.15, 0.2) is 212 Å². The van der Waals surface area contributed by atoms with Crippen LogP contribution in [0.2, 0.25) is 0 Å². The number of nitriles is 1. The largest absolute Gasteiger partial charge is 0.208 e. The highest BCUT2D eigenvalue weighted by atomic mass is 15.0. The Morgan fingerprint density at radius 1 is 0.258 bits per heavy atom. The Balaban J connectivity index is 1.12. The lowest BCUT2D eigenvalue weighted by Gasteiger charge is -2.18. The van der Waals surface area contributed by atoms with Crippen molar-refractivity contribution in [1.82, 2.24) is 29.9 Å². The van der Waals surface area contributed by atoms with Crippen LogP contribution in [0.4, 0.5) is 0 Å². The Morgan fingerprint density at radius 2 is 0.548 bits per heavy atom. The Labute approximate surface area is 359 Å². The van der Waals surface area contributed by atoms with Gasteiger partial charge >= 0.3 is 0 Å². The molecule has 2 heterocycles. The fourth-order valence-corrected chi connectivity index (χ4v) is 7.62. The molecule has 0 saturated heterocycles. The van der Waals surface area contributed by atoms with E-state index in [1.165, 1.54) is 0 Å². The van der Waals surface area contributed by atoms with Crippen molar-refractivity contribution in [3.8, 4) is 108 Å². The number of nitrogens with zero attached hydrogens (tertiary/aromatic N) is 7. The molecule has 0 N–H and O–H groups in total. The van der Waals surface area contributed by atoms with Crippen molar-refractivity contribution >= 4 is 0 Å². The van der Waals surface area contributed by atoms with Crippen molar-refractivity contribution in [3.63, 3.8) is 0 Å². The fourth-order valence-electron chi connectivity index (χ4n) is 7.62. The van der Waals surface area contributed by atoms with Gasteiger partial charge in [-0.25, -0.2) is 29.9 Å². The van der Waals surface area contributed by atoms with Gasteiger partial charge in [0.25, 0.3) is 0 Å². The van der Waals surface area contributed by atoms with Crippen LogP contribution in [0.3, 0.4) is 0 Å². The maximum atomic E-state index is 10.0. The molecule has 2 aromatic heterocycles. The predicted octanol–water partition coefficient (Wildman–Crippen LogP) is 12.9. The topological polar surface area (TPSA) is 101 Å². The van der Waals surface area contributed by atoms with E-state index in [0.717, 1.165) is 66.8 Å². The number of rotatable bonds is 9. The summed E-state index contributed by atoms with van der Waals surface area (Å²) >= 11 is 0. The summed E-state index contributed by atoms with van der Waals surface area (Å²) in [4.78, 5) is 29.9. The summed E-state index contributed by atoms with van der Waals surface area (Å²) < 4.78 is 0. The molecule has 0 radical (unpaired) electrons. The molecule has 0 bridgehead atoms. The lowest BCUT2D eigenvalue weighted by atomic mass is 9.86. The molecule has 0 unspecified atom stereocenters. The van der Waals surface area contributed by atoms with Crippen LogP contribution in [-0.2, 0) is 0 Å². The molecule has 0 spiro atoms. The first-order valence-electron chi connectivity index (χ1n) is 20.3. The first-order chi connectivity index (χ1) is 30.7. The van der Waals surface area contributed by atoms with E-state index in [1.54, 1.807) is 0 Å². The van der Waals surface area contributed by atoms with E-state index in [2.05, 4.69) is 54.6 Å². The van der Waals surface area contributed by atoms with Gasteiger partial charge in [0.2, 0.25) is 0 Å². The maximum Gasteiger partial charge on any atom is 0.164 e. The van der Waals surface area contributed by atoms with E-state index in [1.807, 2.05) is 164 Å². The van der Waals surface area contributed by atoms with Crippen LogP contribution in [0.5, 0.6) is 0 Å². The minimum absolute atomic E-state index is 0.568. The van der Waals surface area contributed by atoms with Crippen LogP contribution in [0.1, 0.15) is 5.56 Å². The molecule has 62 heavy (non-hydrogen) atoms. The number of hydrogen-bond donors (Lipinski definition) is 0. The third kappa shape index (κ3) is 7.75. The lowest BCUT2D eigenvalue weighted by molar-refractivity contribution is 1.07. The highest BCUT2D eigenvalue weighted by Gasteiger charge is 2.19. The Morgan fingerprint density at radius 3 is 0.919 bits per heavy atom. The minimum atomic E-state index is 0.568. The normalized spacial score (nSPS) is 10.9. The molecule has 0 atom stereocenters.